The average Bonchev–Trinajstić information content (AvgIpc) is 3.30. The van der Waals surface area contributed by atoms with Gasteiger partial charge in [0.2, 0.25) is 0 Å². The molecule has 1 aliphatic heterocycles. The number of hydrogen-bond donors (Lipinski definition) is 1. The molecule has 1 fully saturated rings. The van der Waals surface area contributed by atoms with E-state index in [9.17, 15) is 9.59 Å². The van der Waals surface area contributed by atoms with E-state index < -0.39 is 11.6 Å². The minimum atomic E-state index is -1.19. The molecule has 0 bridgehead atoms. The van der Waals surface area contributed by atoms with Crippen LogP contribution in [0.3, 0.4) is 0 Å². The van der Waals surface area contributed by atoms with E-state index in [-0.39, 0.29) is 12.5 Å². The number of imide groups is 1. The Labute approximate surface area is 155 Å². The van der Waals surface area contributed by atoms with Crippen LogP contribution in [-0.2, 0) is 16.9 Å². The van der Waals surface area contributed by atoms with Gasteiger partial charge in [-0.1, -0.05) is 18.2 Å². The minimum Gasteiger partial charge on any atom is -0.466 e. The van der Waals surface area contributed by atoms with E-state index >= 15 is 0 Å². The number of aryl methyl sites for hydroxylation is 2. The zero-order valence-electron chi connectivity index (χ0n) is 15.1. The normalized spacial score (nSPS) is 19.6. The van der Waals surface area contributed by atoms with Gasteiger partial charge in [-0.25, -0.2) is 4.79 Å². The average molecular weight is 366 g/mol. The van der Waals surface area contributed by atoms with Crippen molar-refractivity contribution in [3.8, 4) is 5.69 Å². The first-order chi connectivity index (χ1) is 12.9. The van der Waals surface area contributed by atoms with E-state index in [0.717, 1.165) is 10.6 Å². The fourth-order valence-electron chi connectivity index (χ4n) is 3.37. The van der Waals surface area contributed by atoms with Gasteiger partial charge in [-0.2, -0.15) is 4.68 Å². The lowest BCUT2D eigenvalue weighted by Crippen LogP contribution is -2.41. The molecule has 3 heterocycles. The molecule has 3 aromatic rings. The van der Waals surface area contributed by atoms with Gasteiger partial charge in [-0.3, -0.25) is 9.69 Å². The summed E-state index contributed by atoms with van der Waals surface area (Å²) < 4.78 is 7.04. The van der Waals surface area contributed by atoms with E-state index in [0.29, 0.717) is 22.9 Å². The number of carbonyl (C=O) groups excluding carboxylic acids is 2. The van der Waals surface area contributed by atoms with Gasteiger partial charge in [0, 0.05) is 5.56 Å². The number of benzene rings is 1. The Morgan fingerprint density at radius 2 is 1.93 bits per heavy atom. The highest BCUT2D eigenvalue weighted by molar-refractivity contribution is 6.07. The van der Waals surface area contributed by atoms with Gasteiger partial charge in [0.05, 0.1) is 12.2 Å². The smallest absolute Gasteiger partial charge is 0.325 e. The number of furan rings is 1. The maximum absolute atomic E-state index is 13.1. The van der Waals surface area contributed by atoms with Gasteiger partial charge in [-0.15, -0.1) is 5.10 Å². The first-order valence-corrected chi connectivity index (χ1v) is 8.44. The van der Waals surface area contributed by atoms with Crippen LogP contribution < -0.4 is 5.32 Å². The van der Waals surface area contributed by atoms with Crippen LogP contribution in [0, 0.1) is 13.8 Å². The topological polar surface area (TPSA) is 106 Å². The van der Waals surface area contributed by atoms with Crippen LogP contribution in [-0.4, -0.2) is 37.0 Å². The number of urea groups is 1. The second-order valence-electron chi connectivity index (χ2n) is 6.62. The third kappa shape index (κ3) is 2.67. The van der Waals surface area contributed by atoms with Gasteiger partial charge >= 0.3 is 6.03 Å². The molecule has 138 valence electrons. The van der Waals surface area contributed by atoms with Crippen molar-refractivity contribution in [1.29, 1.82) is 0 Å². The molecule has 1 atom stereocenters. The van der Waals surface area contributed by atoms with Crippen molar-refractivity contribution >= 4 is 11.9 Å². The van der Waals surface area contributed by atoms with Crippen molar-refractivity contribution in [2.24, 2.45) is 0 Å². The molecule has 27 heavy (non-hydrogen) atoms. The number of para-hydroxylation sites is 1. The second kappa shape index (κ2) is 6.04. The fourth-order valence-corrected chi connectivity index (χ4v) is 3.37. The SMILES string of the molecule is Cc1cc([C@]2(C)NC(=O)N(Cc3nnnn3-c3ccccc3)C2=O)c(C)o1. The lowest BCUT2D eigenvalue weighted by atomic mass is 9.92. The molecule has 1 N–H and O–H groups in total. The molecule has 2 aromatic heterocycles. The predicted molar refractivity (Wildman–Crippen MR) is 93.8 cm³/mol. The molecule has 1 aliphatic rings. The molecule has 0 unspecified atom stereocenters. The maximum atomic E-state index is 13.1. The summed E-state index contributed by atoms with van der Waals surface area (Å²) in [5.41, 5.74) is 0.196. The summed E-state index contributed by atoms with van der Waals surface area (Å²) in [5, 5.41) is 14.4. The highest BCUT2D eigenvalue weighted by atomic mass is 16.3. The van der Waals surface area contributed by atoms with Crippen molar-refractivity contribution in [3.63, 3.8) is 0 Å². The Morgan fingerprint density at radius 3 is 2.59 bits per heavy atom. The Balaban J connectivity index is 1.65. The standard InChI is InChI=1S/C18H18N6O3/c1-11-9-14(12(2)27-11)18(3)16(25)23(17(26)19-18)10-15-20-21-22-24(15)13-7-5-4-6-8-13/h4-9H,10H2,1-3H3,(H,19,26)/t18-/m0/s1. The summed E-state index contributed by atoms with van der Waals surface area (Å²) in [6.07, 6.45) is 0. The van der Waals surface area contributed by atoms with Crippen molar-refractivity contribution in [2.45, 2.75) is 32.9 Å². The van der Waals surface area contributed by atoms with Crippen LogP contribution in [0.1, 0.15) is 29.8 Å². The molecule has 0 radical (unpaired) electrons. The first kappa shape index (κ1) is 17.0. The van der Waals surface area contributed by atoms with E-state index in [1.165, 1.54) is 4.68 Å². The van der Waals surface area contributed by atoms with Gasteiger partial charge in [-0.05, 0) is 49.4 Å². The minimum absolute atomic E-state index is 0.0436. The summed E-state index contributed by atoms with van der Waals surface area (Å²) >= 11 is 0. The number of tetrazole rings is 1. The molecular formula is C18H18N6O3. The zero-order chi connectivity index (χ0) is 19.2. The number of rotatable bonds is 4. The maximum Gasteiger partial charge on any atom is 0.325 e. The third-order valence-electron chi connectivity index (χ3n) is 4.69. The van der Waals surface area contributed by atoms with Gasteiger partial charge in [0.1, 0.15) is 17.1 Å². The molecule has 9 heteroatoms. The summed E-state index contributed by atoms with van der Waals surface area (Å²) in [6.45, 7) is 5.20. The van der Waals surface area contributed by atoms with E-state index in [1.807, 2.05) is 30.3 Å². The van der Waals surface area contributed by atoms with E-state index in [1.54, 1.807) is 26.8 Å². The van der Waals surface area contributed by atoms with Crippen molar-refractivity contribution < 1.29 is 14.0 Å². The largest absolute Gasteiger partial charge is 0.466 e. The third-order valence-corrected chi connectivity index (χ3v) is 4.69. The molecule has 0 aliphatic carbocycles. The highest BCUT2D eigenvalue weighted by Gasteiger charge is 2.50. The highest BCUT2D eigenvalue weighted by Crippen LogP contribution is 2.33. The van der Waals surface area contributed by atoms with E-state index in [2.05, 4.69) is 20.8 Å². The lowest BCUT2D eigenvalue weighted by molar-refractivity contribution is -0.131. The van der Waals surface area contributed by atoms with Gasteiger partial charge in [0.25, 0.3) is 5.91 Å². The zero-order valence-corrected chi connectivity index (χ0v) is 15.1. The summed E-state index contributed by atoms with van der Waals surface area (Å²) in [4.78, 5) is 26.8. The number of aromatic nitrogens is 4. The summed E-state index contributed by atoms with van der Waals surface area (Å²) in [6, 6.07) is 10.5. The fraction of sp³-hybridized carbons (Fsp3) is 0.278. The Bertz CT molecular complexity index is 1020. The van der Waals surface area contributed by atoms with Crippen molar-refractivity contribution in [2.75, 3.05) is 0 Å². The second-order valence-corrected chi connectivity index (χ2v) is 6.62. The molecule has 4 rings (SSSR count). The van der Waals surface area contributed by atoms with Crippen molar-refractivity contribution in [3.05, 3.63) is 59.3 Å². The van der Waals surface area contributed by atoms with Crippen LogP contribution in [0.15, 0.2) is 40.8 Å². The van der Waals surface area contributed by atoms with Gasteiger partial charge in [0.15, 0.2) is 5.82 Å². The van der Waals surface area contributed by atoms with Crippen molar-refractivity contribution in [1.82, 2.24) is 30.4 Å². The summed E-state index contributed by atoms with van der Waals surface area (Å²) in [7, 11) is 0. The van der Waals surface area contributed by atoms with Crippen LogP contribution >= 0.6 is 0 Å². The lowest BCUT2D eigenvalue weighted by Gasteiger charge is -2.21. The molecule has 3 amide bonds. The molecule has 0 spiro atoms. The predicted octanol–water partition coefficient (Wildman–Crippen LogP) is 1.84. The Hall–Kier alpha value is -3.49. The van der Waals surface area contributed by atoms with Crippen LogP contribution in [0.2, 0.25) is 0 Å². The summed E-state index contributed by atoms with van der Waals surface area (Å²) in [5.74, 6) is 1.28. The molecule has 1 aromatic carbocycles. The molecular weight excluding hydrogens is 348 g/mol. The molecule has 1 saturated heterocycles. The number of amides is 3. The Morgan fingerprint density at radius 1 is 1.19 bits per heavy atom. The first-order valence-electron chi connectivity index (χ1n) is 8.44. The van der Waals surface area contributed by atoms with Crippen LogP contribution in [0.25, 0.3) is 5.69 Å². The monoisotopic (exact) mass is 366 g/mol. The number of carbonyl (C=O) groups is 2. The van der Waals surface area contributed by atoms with E-state index in [4.69, 9.17) is 4.42 Å². The quantitative estimate of drug-likeness (QED) is 0.706. The van der Waals surface area contributed by atoms with Crippen LogP contribution in [0.5, 0.6) is 0 Å². The number of nitrogens with zero attached hydrogens (tertiary/aromatic N) is 5. The van der Waals surface area contributed by atoms with Gasteiger partial charge < -0.3 is 9.73 Å². The number of hydrogen-bond acceptors (Lipinski definition) is 6. The number of nitrogens with one attached hydrogen (secondary N) is 1. The molecule has 0 saturated carbocycles. The Kier molecular flexibility index (Phi) is 3.79. The molecule has 9 nitrogen and oxygen atoms in total. The van der Waals surface area contributed by atoms with Crippen LogP contribution in [0.4, 0.5) is 4.79 Å².